The van der Waals surface area contributed by atoms with E-state index in [0.29, 0.717) is 5.56 Å². The van der Waals surface area contributed by atoms with Crippen molar-refractivity contribution in [2.75, 3.05) is 0 Å². The summed E-state index contributed by atoms with van der Waals surface area (Å²) < 4.78 is 57.8. The Morgan fingerprint density at radius 2 is 1.91 bits per heavy atom. The number of benzene rings is 1. The number of alkyl halides is 3. The summed E-state index contributed by atoms with van der Waals surface area (Å²) >= 11 is 0. The normalized spacial score (nSPS) is 19.3. The summed E-state index contributed by atoms with van der Waals surface area (Å²) in [5.74, 6) is -3.42. The van der Waals surface area contributed by atoms with Crippen LogP contribution in [0, 0.1) is 0 Å². The Morgan fingerprint density at radius 3 is 2.59 bits per heavy atom. The van der Waals surface area contributed by atoms with E-state index in [4.69, 9.17) is 18.9 Å². The second-order valence-electron chi connectivity index (χ2n) is 8.19. The number of carbonyl (C=O) groups is 3. The van der Waals surface area contributed by atoms with Crippen molar-refractivity contribution < 1.29 is 51.4 Å². The van der Waals surface area contributed by atoms with E-state index >= 15 is 0 Å². The Kier molecular flexibility index (Phi) is 8.29. The van der Waals surface area contributed by atoms with Gasteiger partial charge >= 0.3 is 25.4 Å². The quantitative estimate of drug-likeness (QED) is 0.357. The molecule has 2 N–H and O–H groups in total. The van der Waals surface area contributed by atoms with Crippen LogP contribution < -0.4 is 9.97 Å². The highest BCUT2D eigenvalue weighted by atomic mass is 19.4. The third kappa shape index (κ3) is 7.27. The number of amides is 1. The minimum absolute atomic E-state index is 0.0432. The monoisotopic (exact) mass is 487 g/mol. The van der Waals surface area contributed by atoms with Gasteiger partial charge in [0.25, 0.3) is 0 Å². The van der Waals surface area contributed by atoms with Crippen molar-refractivity contribution in [1.29, 1.82) is 0 Å². The zero-order valence-electron chi connectivity index (χ0n) is 18.4. The molecule has 186 valence electrons. The number of halogens is 3. The van der Waals surface area contributed by atoms with E-state index in [1.54, 1.807) is 0 Å². The van der Waals surface area contributed by atoms with Gasteiger partial charge in [0, 0.05) is 6.92 Å². The van der Waals surface area contributed by atoms with Gasteiger partial charge in [-0.3, -0.25) is 4.79 Å². The molecule has 1 aromatic rings. The molecule has 13 heteroatoms. The summed E-state index contributed by atoms with van der Waals surface area (Å²) in [6.45, 7) is 1.33. The lowest BCUT2D eigenvalue weighted by Crippen LogP contribution is -2.53. The van der Waals surface area contributed by atoms with Crippen LogP contribution in [-0.2, 0) is 25.4 Å². The molecule has 0 spiro atoms. The standard InChI is InChI=1S/C21H25BF3NO8/c1-12(32-20(29)33-14-7-3-2-4-8-14)31-19(28)15-9-5-6-13-10-16(22(30)34-18(13)15)26-17(27)11-21(23,24)25/h5-6,9,12,14,16,30H,2-4,7-8,10-11H2,1H3,(H,26,27)/t12?,16-/m0/s1. The van der Waals surface area contributed by atoms with Crippen molar-refractivity contribution in [2.24, 2.45) is 0 Å². The summed E-state index contributed by atoms with van der Waals surface area (Å²) in [7, 11) is -1.70. The van der Waals surface area contributed by atoms with Crippen molar-refractivity contribution >= 4 is 25.2 Å². The highest BCUT2D eigenvalue weighted by molar-refractivity contribution is 6.47. The second-order valence-corrected chi connectivity index (χ2v) is 8.19. The second kappa shape index (κ2) is 11.0. The number of hydrogen-bond acceptors (Lipinski definition) is 8. The topological polar surface area (TPSA) is 120 Å². The molecule has 3 rings (SSSR count). The van der Waals surface area contributed by atoms with Crippen LogP contribution in [0.1, 0.15) is 61.4 Å². The molecule has 34 heavy (non-hydrogen) atoms. The lowest BCUT2D eigenvalue weighted by molar-refractivity contribution is -0.154. The molecule has 0 saturated heterocycles. The lowest BCUT2D eigenvalue weighted by atomic mass is 9.72. The van der Waals surface area contributed by atoms with Gasteiger partial charge in [-0.15, -0.1) is 0 Å². The number of rotatable bonds is 6. The van der Waals surface area contributed by atoms with Gasteiger partial charge in [0.1, 0.15) is 23.8 Å². The first-order chi connectivity index (χ1) is 16.0. The number of ether oxygens (including phenoxy) is 3. The molecule has 1 heterocycles. The first kappa shape index (κ1) is 25.7. The molecule has 1 amide bonds. The summed E-state index contributed by atoms with van der Waals surface area (Å²) in [6.07, 6.45) is -4.44. The van der Waals surface area contributed by atoms with Crippen LogP contribution in [0.5, 0.6) is 5.75 Å². The molecule has 0 radical (unpaired) electrons. The van der Waals surface area contributed by atoms with Crippen molar-refractivity contribution in [3.63, 3.8) is 0 Å². The minimum atomic E-state index is -4.69. The maximum atomic E-state index is 12.6. The van der Waals surface area contributed by atoms with Crippen molar-refractivity contribution in [2.45, 2.75) is 76.4 Å². The van der Waals surface area contributed by atoms with Gasteiger partial charge in [-0.1, -0.05) is 18.6 Å². The van der Waals surface area contributed by atoms with Gasteiger partial charge in [0.15, 0.2) is 0 Å². The fourth-order valence-corrected chi connectivity index (χ4v) is 3.87. The molecule has 2 atom stereocenters. The number of esters is 1. The number of carbonyl (C=O) groups excluding carboxylic acids is 3. The predicted octanol–water partition coefficient (Wildman–Crippen LogP) is 3.07. The van der Waals surface area contributed by atoms with E-state index in [-0.39, 0.29) is 23.8 Å². The molecule has 2 aliphatic rings. The summed E-state index contributed by atoms with van der Waals surface area (Å²) in [5.41, 5.74) is 0.273. The number of fused-ring (bicyclic) bond motifs is 1. The molecule has 1 fully saturated rings. The molecule has 1 aromatic carbocycles. The van der Waals surface area contributed by atoms with E-state index in [1.165, 1.54) is 25.1 Å². The van der Waals surface area contributed by atoms with E-state index in [1.807, 2.05) is 0 Å². The molecule has 9 nitrogen and oxygen atoms in total. The Labute approximate surface area is 194 Å². The zero-order chi connectivity index (χ0) is 24.9. The number of hydrogen-bond donors (Lipinski definition) is 2. The van der Waals surface area contributed by atoms with Crippen LogP contribution in [0.25, 0.3) is 0 Å². The van der Waals surface area contributed by atoms with Crippen LogP contribution >= 0.6 is 0 Å². The minimum Gasteiger partial charge on any atom is -0.534 e. The van der Waals surface area contributed by atoms with E-state index in [9.17, 15) is 32.6 Å². The average molecular weight is 487 g/mol. The maximum Gasteiger partial charge on any atom is 0.547 e. The van der Waals surface area contributed by atoms with Crippen LogP contribution in [-0.4, -0.2) is 54.7 Å². The first-order valence-corrected chi connectivity index (χ1v) is 10.9. The molecular weight excluding hydrogens is 462 g/mol. The maximum absolute atomic E-state index is 12.6. The van der Waals surface area contributed by atoms with E-state index in [0.717, 1.165) is 32.1 Å². The smallest absolute Gasteiger partial charge is 0.534 e. The largest absolute Gasteiger partial charge is 0.547 e. The van der Waals surface area contributed by atoms with Gasteiger partial charge in [-0.25, -0.2) is 9.59 Å². The van der Waals surface area contributed by atoms with Gasteiger partial charge in [0.2, 0.25) is 12.2 Å². The van der Waals surface area contributed by atoms with Crippen LogP contribution in [0.15, 0.2) is 18.2 Å². The summed E-state index contributed by atoms with van der Waals surface area (Å²) in [6, 6.07) is 4.36. The van der Waals surface area contributed by atoms with Crippen LogP contribution in [0.3, 0.4) is 0 Å². The van der Waals surface area contributed by atoms with Crippen molar-refractivity contribution in [3.05, 3.63) is 29.3 Å². The molecule has 1 aliphatic heterocycles. The van der Waals surface area contributed by atoms with Gasteiger partial charge in [-0.2, -0.15) is 13.2 Å². The highest BCUT2D eigenvalue weighted by Gasteiger charge is 2.40. The number of para-hydroxylation sites is 1. The van der Waals surface area contributed by atoms with Crippen molar-refractivity contribution in [1.82, 2.24) is 5.32 Å². The fourth-order valence-electron chi connectivity index (χ4n) is 3.87. The van der Waals surface area contributed by atoms with Crippen LogP contribution in [0.2, 0.25) is 0 Å². The Morgan fingerprint density at radius 1 is 1.21 bits per heavy atom. The highest BCUT2D eigenvalue weighted by Crippen LogP contribution is 2.31. The predicted molar refractivity (Wildman–Crippen MR) is 111 cm³/mol. The molecule has 1 unspecified atom stereocenters. The lowest BCUT2D eigenvalue weighted by Gasteiger charge is -2.29. The first-order valence-electron chi connectivity index (χ1n) is 10.9. The number of nitrogens with one attached hydrogen (secondary N) is 1. The Hall–Kier alpha value is -2.96. The van der Waals surface area contributed by atoms with Gasteiger partial charge in [0.05, 0.1) is 5.94 Å². The molecule has 1 saturated carbocycles. The average Bonchev–Trinajstić information content (AvgIpc) is 2.73. The van der Waals surface area contributed by atoms with Crippen molar-refractivity contribution in [3.8, 4) is 5.75 Å². The third-order valence-corrected chi connectivity index (χ3v) is 5.40. The SMILES string of the molecule is CC(OC(=O)OC1CCCCC1)OC(=O)c1cccc2c1OB(O)[C@@H](NC(=O)CC(F)(F)F)C2. The molecule has 0 aromatic heterocycles. The molecule has 0 bridgehead atoms. The van der Waals surface area contributed by atoms with Gasteiger partial charge in [-0.05, 0) is 43.7 Å². The zero-order valence-corrected chi connectivity index (χ0v) is 18.4. The fraction of sp³-hybridized carbons (Fsp3) is 0.571. The summed E-state index contributed by atoms with van der Waals surface area (Å²) in [4.78, 5) is 36.1. The van der Waals surface area contributed by atoms with Crippen LogP contribution in [0.4, 0.5) is 18.0 Å². The third-order valence-electron chi connectivity index (χ3n) is 5.40. The molecular formula is C21H25BF3NO8. The van der Waals surface area contributed by atoms with Gasteiger partial charge < -0.3 is 29.2 Å². The van der Waals surface area contributed by atoms with E-state index < -0.39 is 50.0 Å². The van der Waals surface area contributed by atoms with E-state index in [2.05, 4.69) is 5.32 Å². The summed E-state index contributed by atoms with van der Waals surface area (Å²) in [5, 5.41) is 12.2. The Bertz CT molecular complexity index is 906. The molecule has 1 aliphatic carbocycles. The Balaban J connectivity index is 1.58.